The molecule has 0 heteroatoms. The molecule has 0 aliphatic heterocycles. The molecule has 92 valence electrons. The molecular formula is C18H20. The maximum atomic E-state index is 2.31. The second kappa shape index (κ2) is 6.20. The minimum absolute atomic E-state index is 0.505. The minimum atomic E-state index is 0.505. The van der Waals surface area contributed by atoms with Gasteiger partial charge in [-0.25, -0.2) is 0 Å². The average molecular weight is 236 g/mol. The molecule has 0 aliphatic rings. The lowest BCUT2D eigenvalue weighted by molar-refractivity contribution is 0.808. The fraction of sp³-hybridized carbons (Fsp3) is 0.222. The predicted molar refractivity (Wildman–Crippen MR) is 79.7 cm³/mol. The smallest absolute Gasteiger partial charge is 0.00186 e. The maximum absolute atomic E-state index is 2.31. The summed E-state index contributed by atoms with van der Waals surface area (Å²) in [6.45, 7) is 4.37. The van der Waals surface area contributed by atoms with Crippen LogP contribution in [0.4, 0.5) is 0 Å². The first-order chi connectivity index (χ1) is 8.79. The van der Waals surface area contributed by atoms with E-state index in [1.165, 1.54) is 16.7 Å². The molecule has 0 amide bonds. The molecule has 0 aliphatic carbocycles. The van der Waals surface area contributed by atoms with E-state index < -0.39 is 0 Å². The number of benzene rings is 2. The van der Waals surface area contributed by atoms with Crippen LogP contribution in [0.5, 0.6) is 0 Å². The van der Waals surface area contributed by atoms with Gasteiger partial charge in [-0.15, -0.1) is 0 Å². The summed E-state index contributed by atoms with van der Waals surface area (Å²) in [5.74, 6) is 0.505. The van der Waals surface area contributed by atoms with Crippen LogP contribution in [-0.2, 0) is 0 Å². The lowest BCUT2D eigenvalue weighted by Gasteiger charge is -2.10. The third-order valence-corrected chi connectivity index (χ3v) is 3.27. The van der Waals surface area contributed by atoms with Crippen molar-refractivity contribution in [2.24, 2.45) is 0 Å². The Hall–Kier alpha value is -1.82. The van der Waals surface area contributed by atoms with Crippen LogP contribution in [0, 0.1) is 6.92 Å². The molecule has 2 aromatic rings. The Morgan fingerprint density at radius 3 is 2.22 bits per heavy atom. The van der Waals surface area contributed by atoms with Gasteiger partial charge in [0.15, 0.2) is 0 Å². The van der Waals surface area contributed by atoms with Crippen LogP contribution < -0.4 is 0 Å². The first kappa shape index (κ1) is 12.6. The molecule has 2 aromatic carbocycles. The van der Waals surface area contributed by atoms with Gasteiger partial charge < -0.3 is 0 Å². The Morgan fingerprint density at radius 2 is 1.61 bits per heavy atom. The monoisotopic (exact) mass is 236 g/mol. The van der Waals surface area contributed by atoms with Crippen molar-refractivity contribution in [1.29, 1.82) is 0 Å². The Morgan fingerprint density at radius 1 is 0.944 bits per heavy atom. The minimum Gasteiger partial charge on any atom is -0.0764 e. The molecule has 0 aromatic heterocycles. The van der Waals surface area contributed by atoms with Crippen molar-refractivity contribution in [3.05, 3.63) is 77.4 Å². The summed E-state index contributed by atoms with van der Waals surface area (Å²) in [6, 6.07) is 19.3. The molecule has 0 spiro atoms. The molecule has 0 heterocycles. The van der Waals surface area contributed by atoms with Gasteiger partial charge in [0.25, 0.3) is 0 Å². The van der Waals surface area contributed by atoms with Crippen LogP contribution in [0.25, 0.3) is 6.08 Å². The van der Waals surface area contributed by atoms with Gasteiger partial charge in [0.2, 0.25) is 0 Å². The number of aryl methyl sites for hydroxylation is 1. The van der Waals surface area contributed by atoms with Gasteiger partial charge in [0.1, 0.15) is 0 Å². The molecule has 0 radical (unpaired) electrons. The van der Waals surface area contributed by atoms with Crippen LogP contribution in [-0.4, -0.2) is 0 Å². The van der Waals surface area contributed by atoms with E-state index >= 15 is 0 Å². The first-order valence-electron chi connectivity index (χ1n) is 6.59. The van der Waals surface area contributed by atoms with E-state index in [0.717, 1.165) is 6.42 Å². The van der Waals surface area contributed by atoms with Crippen molar-refractivity contribution < 1.29 is 0 Å². The Balaban J connectivity index is 2.15. The van der Waals surface area contributed by atoms with Crippen LogP contribution in [0.1, 0.15) is 36.0 Å². The summed E-state index contributed by atoms with van der Waals surface area (Å²) < 4.78 is 0. The number of allylic oxidation sites excluding steroid dienone is 1. The van der Waals surface area contributed by atoms with Gasteiger partial charge in [-0.1, -0.05) is 79.2 Å². The van der Waals surface area contributed by atoms with E-state index in [0.29, 0.717) is 5.92 Å². The summed E-state index contributed by atoms with van der Waals surface area (Å²) in [5, 5.41) is 0. The second-order valence-corrected chi connectivity index (χ2v) is 4.70. The van der Waals surface area contributed by atoms with Crippen LogP contribution in [0.15, 0.2) is 60.7 Å². The lowest BCUT2D eigenvalue weighted by Crippen LogP contribution is -1.93. The van der Waals surface area contributed by atoms with E-state index in [-0.39, 0.29) is 0 Å². The van der Waals surface area contributed by atoms with E-state index in [1.54, 1.807) is 0 Å². The third kappa shape index (κ3) is 3.33. The van der Waals surface area contributed by atoms with E-state index in [1.807, 2.05) is 0 Å². The fourth-order valence-corrected chi connectivity index (χ4v) is 2.09. The third-order valence-electron chi connectivity index (χ3n) is 3.27. The highest BCUT2D eigenvalue weighted by Gasteiger charge is 2.04. The molecule has 2 rings (SSSR count). The summed E-state index contributed by atoms with van der Waals surface area (Å²) in [4.78, 5) is 0. The van der Waals surface area contributed by atoms with Crippen molar-refractivity contribution in [2.45, 2.75) is 26.2 Å². The van der Waals surface area contributed by atoms with Crippen LogP contribution in [0.2, 0.25) is 0 Å². The molecule has 0 fully saturated rings. The summed E-state index contributed by atoms with van der Waals surface area (Å²) in [5.41, 5.74) is 3.99. The molecule has 0 N–H and O–H groups in total. The highest BCUT2D eigenvalue weighted by molar-refractivity contribution is 5.50. The summed E-state index contributed by atoms with van der Waals surface area (Å²) in [6.07, 6.45) is 5.65. The maximum Gasteiger partial charge on any atom is 0.00186 e. The normalized spacial score (nSPS) is 12.8. The largest absolute Gasteiger partial charge is 0.0764 e. The van der Waals surface area contributed by atoms with Crippen LogP contribution in [0.3, 0.4) is 0 Å². The zero-order valence-corrected chi connectivity index (χ0v) is 11.1. The molecular weight excluding hydrogens is 216 g/mol. The topological polar surface area (TPSA) is 0 Å². The van der Waals surface area contributed by atoms with Crippen molar-refractivity contribution in [1.82, 2.24) is 0 Å². The van der Waals surface area contributed by atoms with Crippen LogP contribution >= 0.6 is 0 Å². The summed E-state index contributed by atoms with van der Waals surface area (Å²) in [7, 11) is 0. The Labute approximate surface area is 110 Å². The molecule has 0 saturated carbocycles. The zero-order valence-electron chi connectivity index (χ0n) is 11.1. The number of hydrogen-bond donors (Lipinski definition) is 0. The van der Waals surface area contributed by atoms with E-state index in [4.69, 9.17) is 0 Å². The standard InChI is InChI=1S/C18H20/c1-3-17(18-12-9-15(2)10-13-18)14-11-16-7-5-4-6-8-16/h4-14,17H,3H2,1-2H3. The highest BCUT2D eigenvalue weighted by atomic mass is 14.1. The Kier molecular flexibility index (Phi) is 4.35. The number of rotatable bonds is 4. The molecule has 1 atom stereocenters. The van der Waals surface area contributed by atoms with Gasteiger partial charge in [-0.05, 0) is 24.5 Å². The van der Waals surface area contributed by atoms with E-state index in [9.17, 15) is 0 Å². The van der Waals surface area contributed by atoms with Gasteiger partial charge in [0, 0.05) is 5.92 Å². The van der Waals surface area contributed by atoms with Crippen molar-refractivity contribution in [2.75, 3.05) is 0 Å². The molecule has 18 heavy (non-hydrogen) atoms. The molecule has 1 unspecified atom stereocenters. The zero-order chi connectivity index (χ0) is 12.8. The van der Waals surface area contributed by atoms with Crippen molar-refractivity contribution in [3.63, 3.8) is 0 Å². The average Bonchev–Trinajstić information content (AvgIpc) is 2.42. The van der Waals surface area contributed by atoms with Gasteiger partial charge in [-0.2, -0.15) is 0 Å². The van der Waals surface area contributed by atoms with Crippen molar-refractivity contribution >= 4 is 6.08 Å². The summed E-state index contributed by atoms with van der Waals surface area (Å²) >= 11 is 0. The van der Waals surface area contributed by atoms with E-state index in [2.05, 4.69) is 80.6 Å². The molecule has 0 bridgehead atoms. The SMILES string of the molecule is CCC(C=Cc1ccccc1)c1ccc(C)cc1. The van der Waals surface area contributed by atoms with Gasteiger partial charge >= 0.3 is 0 Å². The number of hydrogen-bond acceptors (Lipinski definition) is 0. The lowest BCUT2D eigenvalue weighted by atomic mass is 9.94. The highest BCUT2D eigenvalue weighted by Crippen LogP contribution is 2.22. The fourth-order valence-electron chi connectivity index (χ4n) is 2.09. The molecule has 0 nitrogen and oxygen atoms in total. The predicted octanol–water partition coefficient (Wildman–Crippen LogP) is 5.20. The Bertz CT molecular complexity index is 491. The molecule has 0 saturated heterocycles. The second-order valence-electron chi connectivity index (χ2n) is 4.70. The van der Waals surface area contributed by atoms with Crippen molar-refractivity contribution in [3.8, 4) is 0 Å². The quantitative estimate of drug-likeness (QED) is 0.684. The van der Waals surface area contributed by atoms with Gasteiger partial charge in [0.05, 0.1) is 0 Å². The first-order valence-corrected chi connectivity index (χ1v) is 6.59. The van der Waals surface area contributed by atoms with Gasteiger partial charge in [-0.3, -0.25) is 0 Å².